The summed E-state index contributed by atoms with van der Waals surface area (Å²) in [5.74, 6) is 0. The van der Waals surface area contributed by atoms with Crippen molar-refractivity contribution in [1.82, 2.24) is 0 Å². The molecule has 0 aliphatic carbocycles. The van der Waals surface area contributed by atoms with E-state index in [2.05, 4.69) is 22.5 Å². The first kappa shape index (κ1) is 13.3. The van der Waals surface area contributed by atoms with Crippen molar-refractivity contribution >= 4 is 39.1 Å². The van der Waals surface area contributed by atoms with E-state index in [1.807, 2.05) is 31.0 Å². The van der Waals surface area contributed by atoms with E-state index in [-0.39, 0.29) is 5.38 Å². The largest absolute Gasteiger partial charge is 0.116 e. The minimum Gasteiger partial charge on any atom is -0.116 e. The zero-order valence-corrected chi connectivity index (χ0v) is 10.8. The third-order valence-corrected chi connectivity index (χ3v) is 3.46. The van der Waals surface area contributed by atoms with Crippen LogP contribution in [-0.2, 0) is 0 Å². The summed E-state index contributed by atoms with van der Waals surface area (Å²) < 4.78 is 0. The minimum atomic E-state index is -0.593. The Kier molecular flexibility index (Phi) is 6.02. The van der Waals surface area contributed by atoms with E-state index in [0.29, 0.717) is 0 Å². The van der Waals surface area contributed by atoms with Crippen LogP contribution in [0.15, 0.2) is 35.4 Å². The smallest absolute Gasteiger partial charge is 0.0793 e. The summed E-state index contributed by atoms with van der Waals surface area (Å²) in [6, 6.07) is 0. The second-order valence-electron chi connectivity index (χ2n) is 2.97. The molecule has 0 amide bonds. The summed E-state index contributed by atoms with van der Waals surface area (Å²) in [4.78, 5) is 1.23. The standard InChI is InChI=1S/C10H13BrCl2/c1-4-10(3,13)9(12)6-5-8(2)7-11/h4-7,9H,1H2,2-3H3/b6-5+,8-7-/t9-,10+/m1/s1. The maximum absolute atomic E-state index is 6.07. The molecule has 0 rings (SSSR count). The fraction of sp³-hybridized carbons (Fsp3) is 0.400. The molecule has 0 bridgehead atoms. The third kappa shape index (κ3) is 4.90. The molecule has 0 heterocycles. The first-order chi connectivity index (χ1) is 5.94. The van der Waals surface area contributed by atoms with Gasteiger partial charge in [0, 0.05) is 0 Å². The summed E-state index contributed by atoms with van der Waals surface area (Å²) in [6.07, 6.45) is 5.41. The van der Waals surface area contributed by atoms with E-state index in [4.69, 9.17) is 23.2 Å². The summed E-state index contributed by atoms with van der Waals surface area (Å²) in [5, 5.41) is -0.255. The second kappa shape index (κ2) is 5.90. The molecular formula is C10H13BrCl2. The Balaban J connectivity index is 4.38. The Morgan fingerprint density at radius 1 is 1.62 bits per heavy atom. The molecule has 0 aromatic rings. The first-order valence-electron chi connectivity index (χ1n) is 3.86. The highest BCUT2D eigenvalue weighted by atomic mass is 79.9. The lowest BCUT2D eigenvalue weighted by atomic mass is 10.1. The van der Waals surface area contributed by atoms with Crippen molar-refractivity contribution in [3.05, 3.63) is 35.4 Å². The predicted molar refractivity (Wildman–Crippen MR) is 65.9 cm³/mol. The van der Waals surface area contributed by atoms with E-state index in [1.165, 1.54) is 0 Å². The van der Waals surface area contributed by atoms with Gasteiger partial charge >= 0.3 is 0 Å². The SMILES string of the molecule is C=C[C@](C)(Cl)[C@H](Cl)/C=C/C(C)=C\Br. The first-order valence-corrected chi connectivity index (χ1v) is 5.59. The van der Waals surface area contributed by atoms with Crippen LogP contribution < -0.4 is 0 Å². The molecule has 0 nitrogen and oxygen atoms in total. The third-order valence-electron chi connectivity index (χ3n) is 1.64. The fourth-order valence-corrected chi connectivity index (χ4v) is 0.961. The second-order valence-corrected chi connectivity index (χ2v) is 4.71. The van der Waals surface area contributed by atoms with Gasteiger partial charge in [0.1, 0.15) is 0 Å². The monoisotopic (exact) mass is 282 g/mol. The number of allylic oxidation sites excluding steroid dienone is 4. The highest BCUT2D eigenvalue weighted by molar-refractivity contribution is 9.11. The Morgan fingerprint density at radius 2 is 2.15 bits per heavy atom. The molecule has 0 saturated carbocycles. The average molecular weight is 284 g/mol. The lowest BCUT2D eigenvalue weighted by Crippen LogP contribution is -2.24. The average Bonchev–Trinajstić information content (AvgIpc) is 2.13. The Morgan fingerprint density at radius 3 is 2.54 bits per heavy atom. The van der Waals surface area contributed by atoms with Gasteiger partial charge in [-0.05, 0) is 24.4 Å². The summed E-state index contributed by atoms with van der Waals surface area (Å²) in [7, 11) is 0. The molecule has 0 unspecified atom stereocenters. The van der Waals surface area contributed by atoms with Gasteiger partial charge in [0.25, 0.3) is 0 Å². The van der Waals surface area contributed by atoms with Crippen molar-refractivity contribution in [2.45, 2.75) is 24.1 Å². The van der Waals surface area contributed by atoms with Gasteiger partial charge in [0.2, 0.25) is 0 Å². The molecule has 0 saturated heterocycles. The molecule has 0 fully saturated rings. The molecular weight excluding hydrogens is 271 g/mol. The van der Waals surface area contributed by atoms with Gasteiger partial charge < -0.3 is 0 Å². The van der Waals surface area contributed by atoms with Crippen molar-refractivity contribution in [2.24, 2.45) is 0 Å². The van der Waals surface area contributed by atoms with Crippen LogP contribution in [-0.4, -0.2) is 10.3 Å². The number of alkyl halides is 2. The Hall–Kier alpha value is 0.280. The molecule has 2 atom stereocenters. The number of halogens is 3. The van der Waals surface area contributed by atoms with Crippen LogP contribution in [0.2, 0.25) is 0 Å². The Bertz CT molecular complexity index is 229. The van der Waals surface area contributed by atoms with Gasteiger partial charge in [-0.2, -0.15) is 0 Å². The molecule has 3 heteroatoms. The van der Waals surface area contributed by atoms with Crippen LogP contribution in [0.5, 0.6) is 0 Å². The van der Waals surface area contributed by atoms with Gasteiger partial charge in [-0.15, -0.1) is 29.8 Å². The zero-order valence-electron chi connectivity index (χ0n) is 7.73. The Labute approximate surface area is 98.4 Å². The van der Waals surface area contributed by atoms with Crippen LogP contribution in [0.25, 0.3) is 0 Å². The quantitative estimate of drug-likeness (QED) is 0.401. The molecule has 0 aliphatic rings. The van der Waals surface area contributed by atoms with Crippen LogP contribution in [0, 0.1) is 0 Å². The molecule has 0 aromatic carbocycles. The summed E-state index contributed by atoms with van der Waals surface area (Å²) in [6.45, 7) is 7.42. The fourth-order valence-electron chi connectivity index (χ4n) is 0.573. The van der Waals surface area contributed by atoms with Crippen LogP contribution in [0.1, 0.15) is 13.8 Å². The molecule has 0 N–H and O–H groups in total. The highest BCUT2D eigenvalue weighted by Crippen LogP contribution is 2.26. The predicted octanol–water partition coefficient (Wildman–Crippen LogP) is 4.63. The molecule has 13 heavy (non-hydrogen) atoms. The van der Waals surface area contributed by atoms with E-state index < -0.39 is 4.87 Å². The van der Waals surface area contributed by atoms with Crippen molar-refractivity contribution in [3.8, 4) is 0 Å². The van der Waals surface area contributed by atoms with Crippen molar-refractivity contribution in [2.75, 3.05) is 0 Å². The maximum atomic E-state index is 6.07. The topological polar surface area (TPSA) is 0 Å². The summed E-state index contributed by atoms with van der Waals surface area (Å²) in [5.41, 5.74) is 1.09. The highest BCUT2D eigenvalue weighted by Gasteiger charge is 2.24. The lowest BCUT2D eigenvalue weighted by Gasteiger charge is -2.20. The van der Waals surface area contributed by atoms with Crippen molar-refractivity contribution in [1.29, 1.82) is 0 Å². The van der Waals surface area contributed by atoms with Crippen molar-refractivity contribution in [3.63, 3.8) is 0 Å². The van der Waals surface area contributed by atoms with E-state index in [9.17, 15) is 0 Å². The van der Waals surface area contributed by atoms with Crippen molar-refractivity contribution < 1.29 is 0 Å². The van der Waals surface area contributed by atoms with Gasteiger partial charge in [-0.3, -0.25) is 0 Å². The maximum Gasteiger partial charge on any atom is 0.0793 e. The molecule has 74 valence electrons. The van der Waals surface area contributed by atoms with Crippen LogP contribution in [0.3, 0.4) is 0 Å². The van der Waals surface area contributed by atoms with Gasteiger partial charge in [0.05, 0.1) is 10.3 Å². The van der Waals surface area contributed by atoms with E-state index in [0.717, 1.165) is 5.57 Å². The molecule has 0 spiro atoms. The number of hydrogen-bond donors (Lipinski definition) is 0. The van der Waals surface area contributed by atoms with E-state index >= 15 is 0 Å². The van der Waals surface area contributed by atoms with Gasteiger partial charge in [-0.25, -0.2) is 0 Å². The van der Waals surface area contributed by atoms with E-state index in [1.54, 1.807) is 6.08 Å². The van der Waals surface area contributed by atoms with Crippen LogP contribution >= 0.6 is 39.1 Å². The van der Waals surface area contributed by atoms with Crippen LogP contribution in [0.4, 0.5) is 0 Å². The van der Waals surface area contributed by atoms with Gasteiger partial charge in [-0.1, -0.05) is 34.2 Å². The lowest BCUT2D eigenvalue weighted by molar-refractivity contribution is 0.801. The summed E-state index contributed by atoms with van der Waals surface area (Å²) >= 11 is 15.3. The molecule has 0 aromatic heterocycles. The normalized spacial score (nSPS) is 19.9. The minimum absolute atomic E-state index is 0.255. The molecule has 0 radical (unpaired) electrons. The van der Waals surface area contributed by atoms with Gasteiger partial charge in [0.15, 0.2) is 0 Å². The number of rotatable bonds is 4. The molecule has 0 aliphatic heterocycles. The zero-order chi connectivity index (χ0) is 10.5. The number of hydrogen-bond acceptors (Lipinski definition) is 0.